The lowest BCUT2D eigenvalue weighted by Crippen LogP contribution is -2.46. The molecule has 0 unspecified atom stereocenters. The Labute approximate surface area is 107 Å². The van der Waals surface area contributed by atoms with Crippen LogP contribution in [0.25, 0.3) is 0 Å². The minimum Gasteiger partial charge on any atom is -0.368 e. The van der Waals surface area contributed by atoms with Gasteiger partial charge in [0.25, 0.3) is 0 Å². The summed E-state index contributed by atoms with van der Waals surface area (Å²) in [5, 5.41) is 0. The molecule has 1 atom stereocenters. The molecular weight excluding hydrogens is 230 g/mol. The molecule has 0 bridgehead atoms. The lowest BCUT2D eigenvalue weighted by atomic mass is 10.1. The number of primary amides is 1. The van der Waals surface area contributed by atoms with Crippen molar-refractivity contribution in [3.63, 3.8) is 0 Å². The third kappa shape index (κ3) is 3.56. The van der Waals surface area contributed by atoms with Crippen molar-refractivity contribution in [1.29, 1.82) is 0 Å². The Kier molecular flexibility index (Phi) is 4.85. The van der Waals surface area contributed by atoms with Gasteiger partial charge < -0.3 is 16.4 Å². The maximum absolute atomic E-state index is 12.2. The molecule has 0 heterocycles. The third-order valence-electron chi connectivity index (χ3n) is 2.66. The number of hydrogen-bond acceptors (Lipinski definition) is 3. The van der Waals surface area contributed by atoms with Crippen molar-refractivity contribution in [2.45, 2.75) is 25.9 Å². The smallest absolute Gasteiger partial charge is 0.244 e. The van der Waals surface area contributed by atoms with Crippen LogP contribution in [0.2, 0.25) is 0 Å². The van der Waals surface area contributed by atoms with Gasteiger partial charge in [-0.1, -0.05) is 30.3 Å². The average Bonchev–Trinajstić information content (AvgIpc) is 2.34. The summed E-state index contributed by atoms with van der Waals surface area (Å²) in [6.07, 6.45) is 0. The van der Waals surface area contributed by atoms with Gasteiger partial charge >= 0.3 is 0 Å². The minimum atomic E-state index is -0.770. The van der Waals surface area contributed by atoms with Gasteiger partial charge in [0.15, 0.2) is 0 Å². The van der Waals surface area contributed by atoms with E-state index in [1.807, 2.05) is 32.0 Å². The van der Waals surface area contributed by atoms with E-state index in [-0.39, 0.29) is 18.5 Å². The molecule has 98 valence electrons. The quantitative estimate of drug-likeness (QED) is 0.792. The van der Waals surface area contributed by atoms with E-state index in [4.69, 9.17) is 11.5 Å². The normalized spacial score (nSPS) is 12.2. The minimum absolute atomic E-state index is 0.114. The lowest BCUT2D eigenvalue weighted by molar-refractivity contribution is -0.138. The second-order valence-electron chi connectivity index (χ2n) is 4.41. The lowest BCUT2D eigenvalue weighted by Gasteiger charge is -2.28. The van der Waals surface area contributed by atoms with Gasteiger partial charge in [-0.05, 0) is 19.4 Å². The van der Waals surface area contributed by atoms with Gasteiger partial charge in [-0.2, -0.15) is 0 Å². The predicted octanol–water partition coefficient (Wildman–Crippen LogP) is 0.409. The van der Waals surface area contributed by atoms with Crippen molar-refractivity contribution in [3.05, 3.63) is 35.9 Å². The summed E-state index contributed by atoms with van der Waals surface area (Å²) in [5.74, 6) is -0.840. The van der Waals surface area contributed by atoms with Crippen LogP contribution >= 0.6 is 0 Å². The average molecular weight is 249 g/mol. The van der Waals surface area contributed by atoms with Gasteiger partial charge in [0.1, 0.15) is 6.04 Å². The van der Waals surface area contributed by atoms with Crippen molar-refractivity contribution < 1.29 is 9.59 Å². The molecule has 2 amide bonds. The van der Waals surface area contributed by atoms with Crippen LogP contribution in [0, 0.1) is 0 Å². The van der Waals surface area contributed by atoms with Crippen LogP contribution in [-0.4, -0.2) is 29.3 Å². The number of benzene rings is 1. The zero-order chi connectivity index (χ0) is 13.7. The molecule has 1 aromatic rings. The van der Waals surface area contributed by atoms with Crippen LogP contribution in [0.4, 0.5) is 0 Å². The number of carbonyl (C=O) groups excluding carboxylic acids is 2. The largest absolute Gasteiger partial charge is 0.368 e. The van der Waals surface area contributed by atoms with Crippen molar-refractivity contribution in [1.82, 2.24) is 4.90 Å². The van der Waals surface area contributed by atoms with E-state index in [2.05, 4.69) is 0 Å². The molecular formula is C13H19N3O2. The molecule has 0 aliphatic rings. The molecule has 0 aromatic heterocycles. The van der Waals surface area contributed by atoms with Crippen LogP contribution in [-0.2, 0) is 9.59 Å². The summed E-state index contributed by atoms with van der Waals surface area (Å²) in [6.45, 7) is 3.52. The van der Waals surface area contributed by atoms with Crippen molar-refractivity contribution in [3.8, 4) is 0 Å². The molecule has 18 heavy (non-hydrogen) atoms. The SMILES string of the molecule is CC(C)N(CC(N)=O)C(=O)[C@H](N)c1ccccc1. The summed E-state index contributed by atoms with van der Waals surface area (Å²) >= 11 is 0. The van der Waals surface area contributed by atoms with E-state index in [0.29, 0.717) is 0 Å². The zero-order valence-corrected chi connectivity index (χ0v) is 10.7. The molecule has 4 N–H and O–H groups in total. The van der Waals surface area contributed by atoms with Crippen molar-refractivity contribution >= 4 is 11.8 Å². The maximum Gasteiger partial charge on any atom is 0.244 e. The highest BCUT2D eigenvalue weighted by Gasteiger charge is 2.25. The first-order valence-corrected chi connectivity index (χ1v) is 5.82. The number of nitrogens with zero attached hydrogens (tertiary/aromatic N) is 1. The van der Waals surface area contributed by atoms with E-state index in [1.165, 1.54) is 4.90 Å². The van der Waals surface area contributed by atoms with Gasteiger partial charge in [-0.15, -0.1) is 0 Å². The monoisotopic (exact) mass is 249 g/mol. The van der Waals surface area contributed by atoms with Crippen LogP contribution in [0.3, 0.4) is 0 Å². The molecule has 0 spiro atoms. The molecule has 0 aliphatic carbocycles. The van der Waals surface area contributed by atoms with E-state index in [9.17, 15) is 9.59 Å². The summed E-state index contributed by atoms with van der Waals surface area (Å²) in [4.78, 5) is 24.6. The predicted molar refractivity (Wildman–Crippen MR) is 69.4 cm³/mol. The fourth-order valence-corrected chi connectivity index (χ4v) is 1.66. The summed E-state index contributed by atoms with van der Waals surface area (Å²) in [6, 6.07) is 8.15. The van der Waals surface area contributed by atoms with Gasteiger partial charge in [-0.25, -0.2) is 0 Å². The maximum atomic E-state index is 12.2. The fourth-order valence-electron chi connectivity index (χ4n) is 1.66. The number of rotatable bonds is 5. The van der Waals surface area contributed by atoms with Crippen LogP contribution < -0.4 is 11.5 Å². The molecule has 1 aromatic carbocycles. The number of nitrogens with two attached hydrogens (primary N) is 2. The second-order valence-corrected chi connectivity index (χ2v) is 4.41. The van der Waals surface area contributed by atoms with Crippen molar-refractivity contribution in [2.24, 2.45) is 11.5 Å². The first kappa shape index (κ1) is 14.2. The van der Waals surface area contributed by atoms with E-state index < -0.39 is 11.9 Å². The molecule has 1 rings (SSSR count). The molecule has 5 heteroatoms. The first-order valence-electron chi connectivity index (χ1n) is 5.82. The second kappa shape index (κ2) is 6.16. The van der Waals surface area contributed by atoms with E-state index in [1.54, 1.807) is 12.1 Å². The first-order chi connectivity index (χ1) is 8.43. The standard InChI is InChI=1S/C13H19N3O2/c1-9(2)16(8-11(14)17)13(18)12(15)10-6-4-3-5-7-10/h3-7,9,12H,8,15H2,1-2H3,(H2,14,17)/t12-/m1/s1. The Hall–Kier alpha value is -1.88. The Balaban J connectivity index is 2.86. The Morgan fingerprint density at radius 2 is 1.78 bits per heavy atom. The highest BCUT2D eigenvalue weighted by molar-refractivity contribution is 5.87. The molecule has 0 aliphatic heterocycles. The Morgan fingerprint density at radius 1 is 1.22 bits per heavy atom. The number of carbonyl (C=O) groups is 2. The van der Waals surface area contributed by atoms with Crippen LogP contribution in [0.15, 0.2) is 30.3 Å². The molecule has 5 nitrogen and oxygen atoms in total. The Morgan fingerprint density at radius 3 is 2.22 bits per heavy atom. The van der Waals surface area contributed by atoms with Crippen LogP contribution in [0.5, 0.6) is 0 Å². The third-order valence-corrected chi connectivity index (χ3v) is 2.66. The van der Waals surface area contributed by atoms with Gasteiger partial charge in [-0.3, -0.25) is 9.59 Å². The highest BCUT2D eigenvalue weighted by atomic mass is 16.2. The van der Waals surface area contributed by atoms with E-state index >= 15 is 0 Å². The summed E-state index contributed by atoms with van der Waals surface area (Å²) in [5.41, 5.74) is 11.8. The van der Waals surface area contributed by atoms with Crippen molar-refractivity contribution in [2.75, 3.05) is 6.54 Å². The van der Waals surface area contributed by atoms with E-state index in [0.717, 1.165) is 5.56 Å². The highest BCUT2D eigenvalue weighted by Crippen LogP contribution is 2.14. The summed E-state index contributed by atoms with van der Waals surface area (Å²) < 4.78 is 0. The molecule has 0 saturated heterocycles. The molecule has 0 radical (unpaired) electrons. The number of hydrogen-bond donors (Lipinski definition) is 2. The van der Waals surface area contributed by atoms with Gasteiger partial charge in [0, 0.05) is 6.04 Å². The fraction of sp³-hybridized carbons (Fsp3) is 0.385. The van der Waals surface area contributed by atoms with Gasteiger partial charge in [0.2, 0.25) is 11.8 Å². The summed E-state index contributed by atoms with van der Waals surface area (Å²) in [7, 11) is 0. The molecule has 0 saturated carbocycles. The Bertz CT molecular complexity index is 418. The molecule has 0 fully saturated rings. The number of amides is 2. The topological polar surface area (TPSA) is 89.4 Å². The van der Waals surface area contributed by atoms with Gasteiger partial charge in [0.05, 0.1) is 6.54 Å². The van der Waals surface area contributed by atoms with Crippen LogP contribution in [0.1, 0.15) is 25.5 Å². The zero-order valence-electron chi connectivity index (χ0n) is 10.7.